The first-order valence-electron chi connectivity index (χ1n) is 8.83. The molecule has 1 N–H and O–H groups in total. The summed E-state index contributed by atoms with van der Waals surface area (Å²) in [5.41, 5.74) is 2.21. The van der Waals surface area contributed by atoms with E-state index in [1.807, 2.05) is 48.5 Å². The van der Waals surface area contributed by atoms with Crippen LogP contribution in [0, 0.1) is 11.3 Å². The zero-order valence-corrected chi connectivity index (χ0v) is 16.5. The number of benzene rings is 2. The van der Waals surface area contributed by atoms with Gasteiger partial charge in [0.25, 0.3) is 5.91 Å². The van der Waals surface area contributed by atoms with Crippen molar-refractivity contribution in [3.05, 3.63) is 76.4 Å². The number of anilines is 1. The van der Waals surface area contributed by atoms with E-state index in [2.05, 4.69) is 38.3 Å². The van der Waals surface area contributed by atoms with E-state index in [1.54, 1.807) is 4.90 Å². The molecule has 2 aromatic carbocycles. The standard InChI is InChI=1S/C21H21BrN4O/c22-19-7-4-8-20(13-19)24-15-18(14-23)21(27)26-11-9-25(10-12-26)16-17-5-2-1-3-6-17/h1-8,13,15,24H,9-12,16H2/b18-15-. The summed E-state index contributed by atoms with van der Waals surface area (Å²) in [4.78, 5) is 16.7. The summed E-state index contributed by atoms with van der Waals surface area (Å²) in [5.74, 6) is -0.223. The Balaban J connectivity index is 1.55. The third-order valence-corrected chi connectivity index (χ3v) is 4.96. The van der Waals surface area contributed by atoms with Crippen LogP contribution >= 0.6 is 15.9 Å². The van der Waals surface area contributed by atoms with Crippen LogP contribution in [0.5, 0.6) is 0 Å². The van der Waals surface area contributed by atoms with Crippen molar-refractivity contribution in [1.82, 2.24) is 9.80 Å². The highest BCUT2D eigenvalue weighted by atomic mass is 79.9. The number of hydrogen-bond acceptors (Lipinski definition) is 4. The molecule has 0 bridgehead atoms. The Morgan fingerprint density at radius 3 is 2.52 bits per heavy atom. The van der Waals surface area contributed by atoms with Crippen molar-refractivity contribution >= 4 is 27.5 Å². The number of hydrogen-bond donors (Lipinski definition) is 1. The van der Waals surface area contributed by atoms with Gasteiger partial charge >= 0.3 is 0 Å². The quantitative estimate of drug-likeness (QED) is 0.588. The van der Waals surface area contributed by atoms with Gasteiger partial charge < -0.3 is 10.2 Å². The molecule has 3 rings (SSSR count). The van der Waals surface area contributed by atoms with Crippen LogP contribution in [0.3, 0.4) is 0 Å². The molecule has 0 radical (unpaired) electrons. The van der Waals surface area contributed by atoms with E-state index in [0.717, 1.165) is 29.8 Å². The van der Waals surface area contributed by atoms with Crippen molar-refractivity contribution in [2.45, 2.75) is 6.54 Å². The number of nitriles is 1. The van der Waals surface area contributed by atoms with Gasteiger partial charge in [-0.3, -0.25) is 9.69 Å². The van der Waals surface area contributed by atoms with Gasteiger partial charge in [0.2, 0.25) is 0 Å². The van der Waals surface area contributed by atoms with Gasteiger partial charge in [0.1, 0.15) is 11.6 Å². The van der Waals surface area contributed by atoms with Crippen LogP contribution < -0.4 is 5.32 Å². The SMILES string of the molecule is N#C/C(=C/Nc1cccc(Br)c1)C(=O)N1CCN(Cc2ccccc2)CC1. The second kappa shape index (κ2) is 9.36. The number of nitrogens with one attached hydrogen (secondary N) is 1. The first-order valence-corrected chi connectivity index (χ1v) is 9.63. The lowest BCUT2D eigenvalue weighted by molar-refractivity contribution is -0.128. The Bertz CT molecular complexity index is 852. The molecule has 0 spiro atoms. The highest BCUT2D eigenvalue weighted by Crippen LogP contribution is 2.16. The molecule has 0 unspecified atom stereocenters. The van der Waals surface area contributed by atoms with Gasteiger partial charge in [-0.2, -0.15) is 5.26 Å². The summed E-state index contributed by atoms with van der Waals surface area (Å²) in [6, 6.07) is 19.9. The van der Waals surface area contributed by atoms with E-state index in [9.17, 15) is 10.1 Å². The molecule has 5 nitrogen and oxygen atoms in total. The second-order valence-corrected chi connectivity index (χ2v) is 7.29. The second-order valence-electron chi connectivity index (χ2n) is 6.38. The Labute approximate surface area is 168 Å². The molecule has 1 fully saturated rings. The van der Waals surface area contributed by atoms with Crippen molar-refractivity contribution in [2.75, 3.05) is 31.5 Å². The third-order valence-electron chi connectivity index (χ3n) is 4.47. The van der Waals surface area contributed by atoms with E-state index in [0.29, 0.717) is 13.1 Å². The van der Waals surface area contributed by atoms with Crippen LogP contribution in [0.2, 0.25) is 0 Å². The average molecular weight is 425 g/mol. The van der Waals surface area contributed by atoms with E-state index in [4.69, 9.17) is 0 Å². The van der Waals surface area contributed by atoms with Gasteiger partial charge in [-0.05, 0) is 23.8 Å². The number of halogens is 1. The lowest BCUT2D eigenvalue weighted by atomic mass is 10.2. The van der Waals surface area contributed by atoms with Crippen LogP contribution in [0.15, 0.2) is 70.8 Å². The largest absolute Gasteiger partial charge is 0.360 e. The van der Waals surface area contributed by atoms with Gasteiger partial charge in [-0.1, -0.05) is 52.3 Å². The number of carbonyl (C=O) groups is 1. The molecule has 0 saturated carbocycles. The normalized spacial score (nSPS) is 15.3. The topological polar surface area (TPSA) is 59.4 Å². The molecule has 2 aromatic rings. The Morgan fingerprint density at radius 2 is 1.85 bits per heavy atom. The summed E-state index contributed by atoms with van der Waals surface area (Å²) in [5, 5.41) is 12.4. The van der Waals surface area contributed by atoms with Crippen molar-refractivity contribution in [3.63, 3.8) is 0 Å². The number of nitrogens with zero attached hydrogens (tertiary/aromatic N) is 3. The van der Waals surface area contributed by atoms with Crippen molar-refractivity contribution < 1.29 is 4.79 Å². The van der Waals surface area contributed by atoms with Crippen LogP contribution in [0.4, 0.5) is 5.69 Å². The molecule has 27 heavy (non-hydrogen) atoms. The van der Waals surface area contributed by atoms with Crippen LogP contribution in [0.1, 0.15) is 5.56 Å². The zero-order chi connectivity index (χ0) is 19.1. The molecule has 0 atom stereocenters. The van der Waals surface area contributed by atoms with E-state index >= 15 is 0 Å². The van der Waals surface area contributed by atoms with Gasteiger partial charge in [0.05, 0.1) is 0 Å². The highest BCUT2D eigenvalue weighted by Gasteiger charge is 2.23. The molecule has 1 aliphatic heterocycles. The molecule has 6 heteroatoms. The Morgan fingerprint density at radius 1 is 1.11 bits per heavy atom. The Hall–Kier alpha value is -2.62. The van der Waals surface area contributed by atoms with Gasteiger partial charge in [-0.25, -0.2) is 0 Å². The summed E-state index contributed by atoms with van der Waals surface area (Å²) in [7, 11) is 0. The molecule has 1 amide bonds. The zero-order valence-electron chi connectivity index (χ0n) is 14.9. The van der Waals surface area contributed by atoms with Crippen LogP contribution in [0.25, 0.3) is 0 Å². The smallest absolute Gasteiger partial charge is 0.266 e. The van der Waals surface area contributed by atoms with Gasteiger partial charge in [-0.15, -0.1) is 0 Å². The van der Waals surface area contributed by atoms with E-state index < -0.39 is 0 Å². The molecule has 1 saturated heterocycles. The molecule has 0 aromatic heterocycles. The number of carbonyl (C=O) groups excluding carboxylic acids is 1. The van der Waals surface area contributed by atoms with Crippen molar-refractivity contribution in [1.29, 1.82) is 5.26 Å². The van der Waals surface area contributed by atoms with Crippen molar-refractivity contribution in [3.8, 4) is 6.07 Å². The maximum Gasteiger partial charge on any atom is 0.266 e. The van der Waals surface area contributed by atoms with Crippen LogP contribution in [-0.2, 0) is 11.3 Å². The first kappa shape index (κ1) is 19.2. The minimum Gasteiger partial charge on any atom is -0.360 e. The molecular formula is C21H21BrN4O. The maximum absolute atomic E-state index is 12.6. The molecule has 138 valence electrons. The van der Waals surface area contributed by atoms with Gasteiger partial charge in [0.15, 0.2) is 0 Å². The minimum atomic E-state index is -0.223. The van der Waals surface area contributed by atoms with Gasteiger partial charge in [0, 0.05) is 49.1 Å². The summed E-state index contributed by atoms with van der Waals surface area (Å²) in [6.45, 7) is 3.74. The summed E-state index contributed by atoms with van der Waals surface area (Å²) < 4.78 is 0.931. The minimum absolute atomic E-state index is 0.117. The lowest BCUT2D eigenvalue weighted by Gasteiger charge is -2.34. The molecule has 1 heterocycles. The summed E-state index contributed by atoms with van der Waals surface area (Å²) >= 11 is 3.40. The monoisotopic (exact) mass is 424 g/mol. The molecule has 1 aliphatic rings. The average Bonchev–Trinajstić information content (AvgIpc) is 2.70. The maximum atomic E-state index is 12.6. The molecule has 0 aliphatic carbocycles. The fraction of sp³-hybridized carbons (Fsp3) is 0.238. The first-order chi connectivity index (χ1) is 13.2. The lowest BCUT2D eigenvalue weighted by Crippen LogP contribution is -2.48. The van der Waals surface area contributed by atoms with E-state index in [-0.39, 0.29) is 11.5 Å². The number of rotatable bonds is 5. The summed E-state index contributed by atoms with van der Waals surface area (Å²) in [6.07, 6.45) is 1.49. The third kappa shape index (κ3) is 5.43. The predicted molar refractivity (Wildman–Crippen MR) is 110 cm³/mol. The van der Waals surface area contributed by atoms with Crippen LogP contribution in [-0.4, -0.2) is 41.9 Å². The number of piperazine rings is 1. The van der Waals surface area contributed by atoms with Crippen molar-refractivity contribution in [2.24, 2.45) is 0 Å². The number of amides is 1. The Kier molecular flexibility index (Phi) is 6.64. The highest BCUT2D eigenvalue weighted by molar-refractivity contribution is 9.10. The predicted octanol–water partition coefficient (Wildman–Crippen LogP) is 3.61. The fourth-order valence-corrected chi connectivity index (χ4v) is 3.40. The van der Waals surface area contributed by atoms with E-state index in [1.165, 1.54) is 11.8 Å². The fourth-order valence-electron chi connectivity index (χ4n) is 3.00. The molecular weight excluding hydrogens is 404 g/mol.